The van der Waals surface area contributed by atoms with Crippen molar-refractivity contribution in [2.75, 3.05) is 6.54 Å². The third-order valence-corrected chi connectivity index (χ3v) is 4.59. The smallest absolute Gasteiger partial charge is 0.314 e. The van der Waals surface area contributed by atoms with E-state index in [1.54, 1.807) is 0 Å². The molecule has 0 amide bonds. The Morgan fingerprint density at radius 2 is 2.11 bits per heavy atom. The predicted molar refractivity (Wildman–Crippen MR) is 65.8 cm³/mol. The molecule has 0 aliphatic carbocycles. The third kappa shape index (κ3) is 3.66. The molecule has 2 rings (SSSR count). The summed E-state index contributed by atoms with van der Waals surface area (Å²) >= 11 is 0.396. The van der Waals surface area contributed by atoms with Gasteiger partial charge < -0.3 is 5.32 Å². The highest BCUT2D eigenvalue weighted by molar-refractivity contribution is 7.11. The molecule has 0 aromatic carbocycles. The first-order valence-corrected chi connectivity index (χ1v) is 7.06. The number of rotatable bonds is 3. The van der Waals surface area contributed by atoms with Gasteiger partial charge >= 0.3 is 6.18 Å². The summed E-state index contributed by atoms with van der Waals surface area (Å²) in [5, 5.41) is 2.22. The van der Waals surface area contributed by atoms with Crippen LogP contribution in [0.3, 0.4) is 0 Å². The number of nitrogens with zero attached hydrogens (tertiary/aromatic N) is 1. The number of alkyl halides is 4. The molecule has 1 N–H and O–H groups in total. The number of thiazole rings is 1. The SMILES string of the molecule is CC(F)(CC1CCCCN1)c1cnc(C(F)(F)F)s1. The van der Waals surface area contributed by atoms with E-state index in [9.17, 15) is 17.6 Å². The van der Waals surface area contributed by atoms with Gasteiger partial charge in [-0.15, -0.1) is 11.3 Å². The molecule has 0 saturated carbocycles. The van der Waals surface area contributed by atoms with Crippen LogP contribution in [0.15, 0.2) is 6.20 Å². The number of nitrogens with one attached hydrogen (secondary N) is 1. The van der Waals surface area contributed by atoms with Crippen molar-refractivity contribution in [3.63, 3.8) is 0 Å². The van der Waals surface area contributed by atoms with Gasteiger partial charge in [-0.2, -0.15) is 13.2 Å². The molecule has 1 aromatic rings. The van der Waals surface area contributed by atoms with E-state index in [4.69, 9.17) is 0 Å². The number of piperidine rings is 1. The second-order valence-corrected chi connectivity index (χ2v) is 6.11. The molecule has 0 spiro atoms. The molecule has 2 heterocycles. The van der Waals surface area contributed by atoms with Crippen LogP contribution in [-0.2, 0) is 11.8 Å². The Morgan fingerprint density at radius 1 is 1.37 bits per heavy atom. The first kappa shape index (κ1) is 14.7. The van der Waals surface area contributed by atoms with E-state index < -0.39 is 16.9 Å². The van der Waals surface area contributed by atoms with Crippen molar-refractivity contribution >= 4 is 11.3 Å². The van der Waals surface area contributed by atoms with Crippen molar-refractivity contribution in [3.05, 3.63) is 16.1 Å². The highest BCUT2D eigenvalue weighted by Crippen LogP contribution is 2.40. The molecule has 2 nitrogen and oxygen atoms in total. The standard InChI is InChI=1S/C12H16F4N2S/c1-11(13,6-8-4-2-3-5-17-8)9-7-18-10(19-9)12(14,15)16/h7-8,17H,2-6H2,1H3. The van der Waals surface area contributed by atoms with Gasteiger partial charge in [0.05, 0.1) is 4.88 Å². The quantitative estimate of drug-likeness (QED) is 0.856. The molecule has 7 heteroatoms. The van der Waals surface area contributed by atoms with E-state index in [0.717, 1.165) is 32.0 Å². The topological polar surface area (TPSA) is 24.9 Å². The Kier molecular flexibility index (Phi) is 4.15. The summed E-state index contributed by atoms with van der Waals surface area (Å²) in [5.74, 6) is 0. The molecule has 0 radical (unpaired) electrons. The van der Waals surface area contributed by atoms with Gasteiger partial charge in [-0.1, -0.05) is 6.42 Å². The molecule has 1 saturated heterocycles. The first-order valence-electron chi connectivity index (χ1n) is 6.25. The van der Waals surface area contributed by atoms with Crippen molar-refractivity contribution in [1.82, 2.24) is 10.3 Å². The monoisotopic (exact) mass is 296 g/mol. The van der Waals surface area contributed by atoms with Gasteiger partial charge in [-0.3, -0.25) is 0 Å². The fraction of sp³-hybridized carbons (Fsp3) is 0.750. The maximum atomic E-state index is 14.6. The summed E-state index contributed by atoms with van der Waals surface area (Å²) in [7, 11) is 0. The lowest BCUT2D eigenvalue weighted by Gasteiger charge is -2.29. The molecule has 1 aromatic heterocycles. The maximum absolute atomic E-state index is 14.6. The van der Waals surface area contributed by atoms with Crippen molar-refractivity contribution in [2.24, 2.45) is 0 Å². The number of hydrogen-bond acceptors (Lipinski definition) is 3. The molecule has 2 atom stereocenters. The zero-order valence-corrected chi connectivity index (χ0v) is 11.4. The molecule has 1 aliphatic heterocycles. The Morgan fingerprint density at radius 3 is 2.63 bits per heavy atom. The Hall–Kier alpha value is -0.690. The van der Waals surface area contributed by atoms with Gasteiger partial charge in [0.25, 0.3) is 0 Å². The van der Waals surface area contributed by atoms with Gasteiger partial charge in [-0.25, -0.2) is 9.37 Å². The summed E-state index contributed by atoms with van der Waals surface area (Å²) in [4.78, 5) is 3.33. The molecule has 1 aliphatic rings. The lowest BCUT2D eigenvalue weighted by atomic mass is 9.92. The average molecular weight is 296 g/mol. The minimum atomic E-state index is -4.50. The van der Waals surface area contributed by atoms with Crippen LogP contribution in [0, 0.1) is 0 Å². The van der Waals surface area contributed by atoms with Crippen molar-refractivity contribution < 1.29 is 17.6 Å². The fourth-order valence-corrected chi connectivity index (χ4v) is 3.14. The highest BCUT2D eigenvalue weighted by Gasteiger charge is 2.38. The average Bonchev–Trinajstić information content (AvgIpc) is 2.79. The van der Waals surface area contributed by atoms with Crippen LogP contribution in [0.2, 0.25) is 0 Å². The van der Waals surface area contributed by atoms with Gasteiger partial charge in [-0.05, 0) is 26.3 Å². The summed E-state index contributed by atoms with van der Waals surface area (Å²) in [5.41, 5.74) is -1.77. The summed E-state index contributed by atoms with van der Waals surface area (Å²) in [6.45, 7) is 2.17. The van der Waals surface area contributed by atoms with E-state index in [2.05, 4.69) is 10.3 Å². The second kappa shape index (κ2) is 5.36. The molecule has 108 valence electrons. The molecule has 0 bridgehead atoms. The minimum Gasteiger partial charge on any atom is -0.314 e. The molecule has 19 heavy (non-hydrogen) atoms. The van der Waals surface area contributed by atoms with Crippen molar-refractivity contribution in [1.29, 1.82) is 0 Å². The molecule has 1 fully saturated rings. The lowest BCUT2D eigenvalue weighted by molar-refractivity contribution is -0.137. The van der Waals surface area contributed by atoms with Crippen LogP contribution >= 0.6 is 11.3 Å². The van der Waals surface area contributed by atoms with E-state index >= 15 is 0 Å². The van der Waals surface area contributed by atoms with Gasteiger partial charge in [0.15, 0.2) is 5.01 Å². The molecular formula is C12H16F4N2S. The largest absolute Gasteiger partial charge is 0.443 e. The van der Waals surface area contributed by atoms with Crippen molar-refractivity contribution in [2.45, 2.75) is 50.5 Å². The fourth-order valence-electron chi connectivity index (χ4n) is 2.31. The highest BCUT2D eigenvalue weighted by atomic mass is 32.1. The summed E-state index contributed by atoms with van der Waals surface area (Å²) in [6, 6.07) is 0.0280. The maximum Gasteiger partial charge on any atom is 0.443 e. The Labute approximate surface area is 113 Å². The predicted octanol–water partition coefficient (Wildman–Crippen LogP) is 3.88. The summed E-state index contributed by atoms with van der Waals surface area (Å²) < 4.78 is 52.0. The van der Waals surface area contributed by atoms with Crippen molar-refractivity contribution in [3.8, 4) is 0 Å². The van der Waals surface area contributed by atoms with E-state index in [-0.39, 0.29) is 17.3 Å². The molecular weight excluding hydrogens is 280 g/mol. The zero-order chi connectivity index (χ0) is 14.1. The Balaban J connectivity index is 2.08. The van der Waals surface area contributed by atoms with Crippen LogP contribution in [-0.4, -0.2) is 17.6 Å². The Bertz CT molecular complexity index is 422. The summed E-state index contributed by atoms with van der Waals surface area (Å²) in [6.07, 6.45) is -0.335. The van der Waals surface area contributed by atoms with Gasteiger partial charge in [0.2, 0.25) is 0 Å². The van der Waals surface area contributed by atoms with Crippen LogP contribution in [0.5, 0.6) is 0 Å². The minimum absolute atomic E-state index is 0.0280. The van der Waals surface area contributed by atoms with Crippen LogP contribution in [0.25, 0.3) is 0 Å². The van der Waals surface area contributed by atoms with E-state index in [0.29, 0.717) is 11.3 Å². The first-order chi connectivity index (χ1) is 8.79. The second-order valence-electron chi connectivity index (χ2n) is 5.08. The molecule has 2 unspecified atom stereocenters. The van der Waals surface area contributed by atoms with E-state index in [1.165, 1.54) is 6.92 Å². The number of halogens is 4. The van der Waals surface area contributed by atoms with Crippen LogP contribution in [0.4, 0.5) is 17.6 Å². The zero-order valence-electron chi connectivity index (χ0n) is 10.6. The van der Waals surface area contributed by atoms with E-state index in [1.807, 2.05) is 0 Å². The van der Waals surface area contributed by atoms with Crippen LogP contribution < -0.4 is 5.32 Å². The number of aromatic nitrogens is 1. The van der Waals surface area contributed by atoms with Crippen LogP contribution in [0.1, 0.15) is 42.5 Å². The lowest BCUT2D eigenvalue weighted by Crippen LogP contribution is -2.38. The number of hydrogen-bond donors (Lipinski definition) is 1. The van der Waals surface area contributed by atoms with Gasteiger partial charge in [0.1, 0.15) is 5.67 Å². The third-order valence-electron chi connectivity index (χ3n) is 3.30. The van der Waals surface area contributed by atoms with Gasteiger partial charge in [0, 0.05) is 18.7 Å². The normalized spacial score (nSPS) is 24.2.